The number of alkyl halides is 3. The van der Waals surface area contributed by atoms with E-state index in [4.69, 9.17) is 23.2 Å². The van der Waals surface area contributed by atoms with Crippen LogP contribution in [-0.4, -0.2) is 25.2 Å². The molecular weight excluding hydrogens is 292 g/mol. The van der Waals surface area contributed by atoms with Crippen molar-refractivity contribution in [3.05, 3.63) is 28.2 Å². The predicted octanol–water partition coefficient (Wildman–Crippen LogP) is 3.08. The summed E-state index contributed by atoms with van der Waals surface area (Å²) >= 11 is 11.6. The van der Waals surface area contributed by atoms with Gasteiger partial charge in [-0.25, -0.2) is 0 Å². The fourth-order valence-corrected chi connectivity index (χ4v) is 1.61. The number of amides is 1. The second-order valence-electron chi connectivity index (χ2n) is 3.36. The molecule has 2 N–H and O–H groups in total. The zero-order valence-electron chi connectivity index (χ0n) is 8.94. The molecule has 18 heavy (non-hydrogen) atoms. The van der Waals surface area contributed by atoms with Crippen LogP contribution in [0.1, 0.15) is 0 Å². The van der Waals surface area contributed by atoms with Crippen LogP contribution in [0.4, 0.5) is 18.9 Å². The molecule has 0 atom stereocenters. The molecule has 0 aliphatic heterocycles. The first kappa shape index (κ1) is 15.1. The summed E-state index contributed by atoms with van der Waals surface area (Å²) in [6, 6.07) is 4.60. The molecule has 0 radical (unpaired) electrons. The third kappa shape index (κ3) is 5.12. The number of benzene rings is 1. The molecule has 1 aromatic carbocycles. The van der Waals surface area contributed by atoms with Crippen molar-refractivity contribution in [2.24, 2.45) is 0 Å². The number of nitrogens with one attached hydrogen (secondary N) is 2. The molecule has 1 rings (SSSR count). The number of carbonyl (C=O) groups excluding carboxylic acids is 1. The molecule has 0 fully saturated rings. The summed E-state index contributed by atoms with van der Waals surface area (Å²) < 4.78 is 35.5. The Morgan fingerprint density at radius 1 is 1.22 bits per heavy atom. The van der Waals surface area contributed by atoms with E-state index in [9.17, 15) is 18.0 Å². The van der Waals surface area contributed by atoms with Crippen LogP contribution >= 0.6 is 23.2 Å². The molecule has 0 aliphatic carbocycles. The number of carbonyl (C=O) groups is 1. The second-order valence-corrected chi connectivity index (χ2v) is 4.18. The molecule has 0 heterocycles. The van der Waals surface area contributed by atoms with Crippen LogP contribution in [0.2, 0.25) is 10.0 Å². The summed E-state index contributed by atoms with van der Waals surface area (Å²) in [6.45, 7) is -1.72. The fraction of sp³-hybridized carbons (Fsp3) is 0.300. The largest absolute Gasteiger partial charge is 0.401 e. The Morgan fingerprint density at radius 2 is 1.78 bits per heavy atom. The van der Waals surface area contributed by atoms with Gasteiger partial charge in [-0.15, -0.1) is 0 Å². The molecule has 1 aromatic rings. The first-order chi connectivity index (χ1) is 8.29. The first-order valence-corrected chi connectivity index (χ1v) is 5.56. The SMILES string of the molecule is O=C(CNCC(F)(F)F)Nc1c(Cl)cccc1Cl. The van der Waals surface area contributed by atoms with Gasteiger partial charge < -0.3 is 10.6 Å². The maximum absolute atomic E-state index is 11.8. The van der Waals surface area contributed by atoms with Crippen molar-refractivity contribution in [3.8, 4) is 0 Å². The van der Waals surface area contributed by atoms with Crippen molar-refractivity contribution in [2.75, 3.05) is 18.4 Å². The van der Waals surface area contributed by atoms with Crippen molar-refractivity contribution in [1.82, 2.24) is 5.32 Å². The minimum absolute atomic E-state index is 0.180. The van der Waals surface area contributed by atoms with E-state index in [0.717, 1.165) is 0 Å². The molecule has 0 bridgehead atoms. The van der Waals surface area contributed by atoms with Gasteiger partial charge in [-0.1, -0.05) is 29.3 Å². The monoisotopic (exact) mass is 300 g/mol. The topological polar surface area (TPSA) is 41.1 Å². The van der Waals surface area contributed by atoms with Gasteiger partial charge in [0, 0.05) is 0 Å². The van der Waals surface area contributed by atoms with Gasteiger partial charge >= 0.3 is 6.18 Å². The third-order valence-electron chi connectivity index (χ3n) is 1.84. The highest BCUT2D eigenvalue weighted by Gasteiger charge is 2.26. The zero-order valence-corrected chi connectivity index (χ0v) is 10.5. The molecule has 0 unspecified atom stereocenters. The zero-order chi connectivity index (χ0) is 13.8. The average molecular weight is 301 g/mol. The van der Waals surface area contributed by atoms with Crippen molar-refractivity contribution >= 4 is 34.8 Å². The van der Waals surface area contributed by atoms with Crippen LogP contribution < -0.4 is 10.6 Å². The van der Waals surface area contributed by atoms with Crippen molar-refractivity contribution in [3.63, 3.8) is 0 Å². The highest BCUT2D eigenvalue weighted by Crippen LogP contribution is 2.29. The Labute approximate surface area is 111 Å². The van der Waals surface area contributed by atoms with Gasteiger partial charge in [-0.05, 0) is 12.1 Å². The molecule has 0 aromatic heterocycles. The first-order valence-electron chi connectivity index (χ1n) is 4.81. The number of hydrogen-bond acceptors (Lipinski definition) is 2. The van der Waals surface area contributed by atoms with Crippen LogP contribution in [0.15, 0.2) is 18.2 Å². The lowest BCUT2D eigenvalue weighted by Gasteiger charge is -2.10. The second kappa shape index (κ2) is 6.26. The van der Waals surface area contributed by atoms with E-state index in [1.54, 1.807) is 6.07 Å². The van der Waals surface area contributed by atoms with Crippen LogP contribution in [-0.2, 0) is 4.79 Å². The number of rotatable bonds is 4. The van der Waals surface area contributed by atoms with E-state index in [1.807, 2.05) is 5.32 Å². The Hall–Kier alpha value is -0.980. The van der Waals surface area contributed by atoms with E-state index < -0.39 is 25.2 Å². The number of hydrogen-bond donors (Lipinski definition) is 2. The normalized spacial score (nSPS) is 11.4. The number of anilines is 1. The van der Waals surface area contributed by atoms with Crippen molar-refractivity contribution in [1.29, 1.82) is 0 Å². The molecule has 100 valence electrons. The lowest BCUT2D eigenvalue weighted by Crippen LogP contribution is -2.35. The Balaban J connectivity index is 2.50. The number of para-hydroxylation sites is 1. The maximum Gasteiger partial charge on any atom is 0.401 e. The van der Waals surface area contributed by atoms with Crippen LogP contribution in [0.25, 0.3) is 0 Å². The smallest absolute Gasteiger partial charge is 0.322 e. The maximum atomic E-state index is 11.8. The van der Waals surface area contributed by atoms with Gasteiger partial charge in [0.2, 0.25) is 5.91 Å². The van der Waals surface area contributed by atoms with Gasteiger partial charge in [0.1, 0.15) is 0 Å². The minimum atomic E-state index is -4.36. The van der Waals surface area contributed by atoms with Crippen molar-refractivity contribution in [2.45, 2.75) is 6.18 Å². The Kier molecular flexibility index (Phi) is 5.25. The molecule has 0 saturated carbocycles. The summed E-state index contributed by atoms with van der Waals surface area (Å²) in [5, 5.41) is 4.72. The van der Waals surface area contributed by atoms with Crippen LogP contribution in [0, 0.1) is 0 Å². The highest BCUT2D eigenvalue weighted by molar-refractivity contribution is 6.39. The summed E-state index contributed by atoms with van der Waals surface area (Å²) in [7, 11) is 0. The minimum Gasteiger partial charge on any atom is -0.322 e. The molecule has 0 saturated heterocycles. The lowest BCUT2D eigenvalue weighted by molar-refractivity contribution is -0.126. The van der Waals surface area contributed by atoms with Crippen molar-refractivity contribution < 1.29 is 18.0 Å². The standard InChI is InChI=1S/C10H9Cl2F3N2O/c11-6-2-1-3-7(12)9(6)17-8(18)4-16-5-10(13,14)15/h1-3,16H,4-5H2,(H,17,18). The summed E-state index contributed by atoms with van der Waals surface area (Å²) in [4.78, 5) is 11.3. The van der Waals surface area contributed by atoms with Gasteiger partial charge in [0.15, 0.2) is 0 Å². The quantitative estimate of drug-likeness (QED) is 0.897. The molecule has 1 amide bonds. The van der Waals surface area contributed by atoms with E-state index >= 15 is 0 Å². The lowest BCUT2D eigenvalue weighted by atomic mass is 10.3. The molecule has 3 nitrogen and oxygen atoms in total. The van der Waals surface area contributed by atoms with E-state index in [1.165, 1.54) is 12.1 Å². The van der Waals surface area contributed by atoms with Gasteiger partial charge in [0.25, 0.3) is 0 Å². The fourth-order valence-electron chi connectivity index (χ4n) is 1.12. The summed E-state index contributed by atoms with van der Waals surface area (Å²) in [5.74, 6) is -0.658. The number of halogens is 5. The molecular formula is C10H9Cl2F3N2O. The third-order valence-corrected chi connectivity index (χ3v) is 2.47. The van der Waals surface area contributed by atoms with Crippen LogP contribution in [0.5, 0.6) is 0 Å². The van der Waals surface area contributed by atoms with E-state index in [-0.39, 0.29) is 15.7 Å². The molecule has 8 heteroatoms. The Bertz CT molecular complexity index is 417. The molecule has 0 aliphatic rings. The van der Waals surface area contributed by atoms with E-state index in [2.05, 4.69) is 5.32 Å². The average Bonchev–Trinajstić information content (AvgIpc) is 2.22. The molecule has 0 spiro atoms. The summed E-state index contributed by atoms with van der Waals surface area (Å²) in [6.07, 6.45) is -4.36. The van der Waals surface area contributed by atoms with Gasteiger partial charge in [-0.3, -0.25) is 4.79 Å². The summed E-state index contributed by atoms with van der Waals surface area (Å²) in [5.41, 5.74) is 0.180. The highest BCUT2D eigenvalue weighted by atomic mass is 35.5. The van der Waals surface area contributed by atoms with E-state index in [0.29, 0.717) is 0 Å². The Morgan fingerprint density at radius 3 is 2.28 bits per heavy atom. The van der Waals surface area contributed by atoms with Crippen LogP contribution in [0.3, 0.4) is 0 Å². The van der Waals surface area contributed by atoms with Gasteiger partial charge in [0.05, 0.1) is 28.8 Å². The van der Waals surface area contributed by atoms with Gasteiger partial charge in [-0.2, -0.15) is 13.2 Å². The predicted molar refractivity (Wildman–Crippen MR) is 64.0 cm³/mol.